The number of amides is 1. The Bertz CT molecular complexity index is 1090. The molecule has 2 aromatic carbocycles. The van der Waals surface area contributed by atoms with Crippen LogP contribution in [-0.4, -0.2) is 39.4 Å². The second kappa shape index (κ2) is 12.1. The second-order valence-electron chi connectivity index (χ2n) is 9.04. The Morgan fingerprint density at radius 2 is 1.86 bits per heavy atom. The first kappa shape index (κ1) is 25.9. The quantitative estimate of drug-likeness (QED) is 0.103. The molecule has 186 valence electrons. The van der Waals surface area contributed by atoms with Gasteiger partial charge in [-0.3, -0.25) is 14.7 Å². The van der Waals surface area contributed by atoms with E-state index in [1.54, 1.807) is 0 Å². The van der Waals surface area contributed by atoms with Crippen LogP contribution in [0.4, 0.5) is 0 Å². The van der Waals surface area contributed by atoms with Crippen molar-refractivity contribution >= 4 is 23.8 Å². The molecule has 0 unspecified atom stereocenters. The number of carbonyl (C=O) groups excluding carboxylic acids is 1. The molecule has 1 aliphatic carbocycles. The van der Waals surface area contributed by atoms with Gasteiger partial charge in [0.05, 0.1) is 12.1 Å². The molecule has 0 aliphatic heterocycles. The summed E-state index contributed by atoms with van der Waals surface area (Å²) in [5.74, 6) is 6.01. The van der Waals surface area contributed by atoms with Crippen LogP contribution in [-0.2, 0) is 11.3 Å². The minimum Gasteiger partial charge on any atom is -0.411 e. The zero-order chi connectivity index (χ0) is 25.3. The SMILES string of the molecule is CCCC(=N\O)/C(=N/C1(C)CCCC1)N(C=O)Cc1ccc(-c2ccccc2/C(N)=N/NN)cc1. The van der Waals surface area contributed by atoms with Crippen LogP contribution in [0.25, 0.3) is 11.1 Å². The van der Waals surface area contributed by atoms with Crippen molar-refractivity contribution in [2.45, 2.75) is 64.5 Å². The molecule has 0 radical (unpaired) electrons. The zero-order valence-electron chi connectivity index (χ0n) is 20.4. The van der Waals surface area contributed by atoms with Crippen molar-refractivity contribution < 1.29 is 10.0 Å². The summed E-state index contributed by atoms with van der Waals surface area (Å²) >= 11 is 0. The Kier molecular flexibility index (Phi) is 8.97. The van der Waals surface area contributed by atoms with Gasteiger partial charge in [-0.1, -0.05) is 79.9 Å². The molecule has 0 saturated heterocycles. The van der Waals surface area contributed by atoms with Crippen molar-refractivity contribution in [1.29, 1.82) is 0 Å². The Morgan fingerprint density at radius 1 is 1.17 bits per heavy atom. The number of amidine groups is 2. The maximum absolute atomic E-state index is 12.2. The van der Waals surface area contributed by atoms with Crippen LogP contribution in [0, 0.1) is 0 Å². The Morgan fingerprint density at radius 3 is 2.46 bits per heavy atom. The van der Waals surface area contributed by atoms with Gasteiger partial charge in [-0.25, -0.2) is 11.4 Å². The normalized spacial score (nSPS) is 16.3. The van der Waals surface area contributed by atoms with Crippen molar-refractivity contribution in [3.05, 3.63) is 59.7 Å². The molecule has 2 aromatic rings. The fourth-order valence-electron chi connectivity index (χ4n) is 4.48. The number of hydrazine groups is 1. The van der Waals surface area contributed by atoms with E-state index in [0.29, 0.717) is 24.5 Å². The van der Waals surface area contributed by atoms with Gasteiger partial charge in [0.15, 0.2) is 11.7 Å². The number of hydrogen-bond acceptors (Lipinski definition) is 7. The minimum absolute atomic E-state index is 0.256. The summed E-state index contributed by atoms with van der Waals surface area (Å²) in [6, 6.07) is 15.5. The van der Waals surface area contributed by atoms with E-state index < -0.39 is 0 Å². The van der Waals surface area contributed by atoms with Gasteiger partial charge in [0, 0.05) is 5.56 Å². The first-order valence-corrected chi connectivity index (χ1v) is 11.9. The van der Waals surface area contributed by atoms with E-state index >= 15 is 0 Å². The third-order valence-corrected chi connectivity index (χ3v) is 6.33. The lowest BCUT2D eigenvalue weighted by atomic mass is 9.98. The molecule has 1 fully saturated rings. The summed E-state index contributed by atoms with van der Waals surface area (Å²) < 4.78 is 0. The van der Waals surface area contributed by atoms with E-state index in [0.717, 1.165) is 60.8 Å². The number of benzene rings is 2. The van der Waals surface area contributed by atoms with Crippen molar-refractivity contribution in [1.82, 2.24) is 10.4 Å². The van der Waals surface area contributed by atoms with E-state index in [1.807, 2.05) is 55.5 Å². The fraction of sp³-hybridized carbons (Fsp3) is 0.385. The van der Waals surface area contributed by atoms with Gasteiger partial charge in [-0.05, 0) is 42.9 Å². The highest BCUT2D eigenvalue weighted by molar-refractivity contribution is 6.42. The topological polar surface area (TPSA) is 142 Å². The summed E-state index contributed by atoms with van der Waals surface area (Å²) in [5.41, 5.74) is 12.0. The van der Waals surface area contributed by atoms with Crippen LogP contribution < -0.4 is 17.1 Å². The van der Waals surface area contributed by atoms with Crippen molar-refractivity contribution in [2.75, 3.05) is 0 Å². The third-order valence-electron chi connectivity index (χ3n) is 6.33. The predicted octanol–water partition coefficient (Wildman–Crippen LogP) is 3.76. The van der Waals surface area contributed by atoms with Crippen molar-refractivity contribution in [3.8, 4) is 11.1 Å². The largest absolute Gasteiger partial charge is 0.411 e. The van der Waals surface area contributed by atoms with Gasteiger partial charge in [0.1, 0.15) is 5.71 Å². The number of rotatable bonds is 10. The maximum Gasteiger partial charge on any atom is 0.215 e. The van der Waals surface area contributed by atoms with Crippen molar-refractivity contribution in [3.63, 3.8) is 0 Å². The predicted molar refractivity (Wildman–Crippen MR) is 140 cm³/mol. The number of nitrogens with zero attached hydrogens (tertiary/aromatic N) is 4. The van der Waals surface area contributed by atoms with Gasteiger partial charge < -0.3 is 10.9 Å². The first-order chi connectivity index (χ1) is 16.9. The molecule has 0 spiro atoms. The number of oxime groups is 1. The molecule has 9 heteroatoms. The molecule has 0 atom stereocenters. The number of nitrogens with one attached hydrogen (secondary N) is 1. The van der Waals surface area contributed by atoms with E-state index in [4.69, 9.17) is 16.6 Å². The molecule has 1 amide bonds. The van der Waals surface area contributed by atoms with Crippen LogP contribution in [0.15, 0.2) is 63.8 Å². The molecule has 6 N–H and O–H groups in total. The van der Waals surface area contributed by atoms with E-state index in [2.05, 4.69) is 22.7 Å². The van der Waals surface area contributed by atoms with Gasteiger partial charge >= 0.3 is 0 Å². The number of hydrogen-bond donors (Lipinski definition) is 4. The number of aliphatic imine (C=N–C) groups is 1. The maximum atomic E-state index is 12.2. The average Bonchev–Trinajstić information content (AvgIpc) is 3.31. The first-order valence-electron chi connectivity index (χ1n) is 11.9. The van der Waals surface area contributed by atoms with Crippen molar-refractivity contribution in [2.24, 2.45) is 26.8 Å². The summed E-state index contributed by atoms with van der Waals surface area (Å²) in [4.78, 5) is 18.7. The molecular formula is C26H35N7O2. The molecule has 3 rings (SSSR count). The number of hydrazone groups is 1. The van der Waals surface area contributed by atoms with Gasteiger partial charge in [0.25, 0.3) is 0 Å². The van der Waals surface area contributed by atoms with Crippen LogP contribution in [0.3, 0.4) is 0 Å². The van der Waals surface area contributed by atoms with E-state index in [9.17, 15) is 10.0 Å². The number of nitrogens with two attached hydrogens (primary N) is 2. The molecular weight excluding hydrogens is 442 g/mol. The Hall–Kier alpha value is -3.72. The van der Waals surface area contributed by atoms with Crippen LogP contribution in [0.1, 0.15) is 63.5 Å². The van der Waals surface area contributed by atoms with Gasteiger partial charge in [-0.2, -0.15) is 0 Å². The minimum atomic E-state index is -0.256. The molecule has 35 heavy (non-hydrogen) atoms. The Labute approximate surface area is 206 Å². The van der Waals surface area contributed by atoms with E-state index in [-0.39, 0.29) is 11.4 Å². The monoisotopic (exact) mass is 477 g/mol. The van der Waals surface area contributed by atoms with E-state index in [1.165, 1.54) is 4.90 Å². The zero-order valence-corrected chi connectivity index (χ0v) is 20.4. The molecule has 1 aliphatic rings. The summed E-state index contributed by atoms with van der Waals surface area (Å²) in [6.45, 7) is 4.41. The van der Waals surface area contributed by atoms with Gasteiger partial charge in [-0.15, -0.1) is 5.10 Å². The van der Waals surface area contributed by atoms with Gasteiger partial charge in [0.2, 0.25) is 6.41 Å². The highest BCUT2D eigenvalue weighted by Gasteiger charge is 2.31. The molecule has 0 heterocycles. The summed E-state index contributed by atoms with van der Waals surface area (Å²) in [6.07, 6.45) is 6.19. The lowest BCUT2D eigenvalue weighted by molar-refractivity contribution is -0.115. The van der Waals surface area contributed by atoms with Crippen LogP contribution in [0.2, 0.25) is 0 Å². The molecule has 0 aromatic heterocycles. The highest BCUT2D eigenvalue weighted by atomic mass is 16.4. The molecule has 0 bridgehead atoms. The van der Waals surface area contributed by atoms with Crippen LogP contribution in [0.5, 0.6) is 0 Å². The van der Waals surface area contributed by atoms with Crippen LogP contribution >= 0.6 is 0 Å². The fourth-order valence-corrected chi connectivity index (χ4v) is 4.48. The number of carbonyl (C=O) groups is 1. The summed E-state index contributed by atoms with van der Waals surface area (Å²) in [7, 11) is 0. The molecule has 1 saturated carbocycles. The highest BCUT2D eigenvalue weighted by Crippen LogP contribution is 2.33. The third kappa shape index (κ3) is 6.45. The average molecular weight is 478 g/mol. The molecule has 9 nitrogen and oxygen atoms in total. The summed E-state index contributed by atoms with van der Waals surface area (Å²) in [5, 5.41) is 17.1. The second-order valence-corrected chi connectivity index (χ2v) is 9.04. The standard InChI is InChI=1S/C26H35N7O2/c1-3-8-23(31-35)25(29-26(2)15-6-7-16-26)33(18-34)17-19-11-13-20(14-12-19)21-9-4-5-10-22(21)24(27)30-32-28/h4-5,9-14,18,32,35H,3,6-8,15-17,28H2,1-2H3,(H2,27,30)/b29-25-,31-23+. The lowest BCUT2D eigenvalue weighted by Gasteiger charge is -2.26. The lowest BCUT2D eigenvalue weighted by Crippen LogP contribution is -2.38. The smallest absolute Gasteiger partial charge is 0.215 e. The Balaban J connectivity index is 1.90.